The van der Waals surface area contributed by atoms with Crippen LogP contribution in [0, 0.1) is 0 Å². The predicted molar refractivity (Wildman–Crippen MR) is 130 cm³/mol. The topological polar surface area (TPSA) is 107 Å². The molecule has 0 bridgehead atoms. The summed E-state index contributed by atoms with van der Waals surface area (Å²) >= 11 is 1.68. The molecule has 2 heterocycles. The smallest absolute Gasteiger partial charge is 0.338 e. The van der Waals surface area contributed by atoms with Crippen LogP contribution < -0.4 is 5.32 Å². The second-order valence-electron chi connectivity index (χ2n) is 7.80. The molecule has 0 saturated carbocycles. The molecule has 9 nitrogen and oxygen atoms in total. The van der Waals surface area contributed by atoms with Crippen LogP contribution in [0.2, 0.25) is 0 Å². The van der Waals surface area contributed by atoms with Crippen LogP contribution in [0.25, 0.3) is 0 Å². The van der Waals surface area contributed by atoms with E-state index in [2.05, 4.69) is 15.2 Å². The number of rotatable bonds is 10. The van der Waals surface area contributed by atoms with Gasteiger partial charge in [-0.3, -0.25) is 9.59 Å². The number of hydrogen-bond acceptors (Lipinski definition) is 9. The summed E-state index contributed by atoms with van der Waals surface area (Å²) in [6.07, 6.45) is 1.07. The molecule has 184 valence electrons. The van der Waals surface area contributed by atoms with Gasteiger partial charge in [-0.25, -0.2) is 9.79 Å². The second kappa shape index (κ2) is 12.6. The van der Waals surface area contributed by atoms with Crippen LogP contribution in [-0.4, -0.2) is 67.1 Å². The lowest BCUT2D eigenvalue weighted by Crippen LogP contribution is -2.42. The van der Waals surface area contributed by atoms with Crippen molar-refractivity contribution in [1.29, 1.82) is 0 Å². The van der Waals surface area contributed by atoms with Gasteiger partial charge in [-0.05, 0) is 38.0 Å². The van der Waals surface area contributed by atoms with E-state index < -0.39 is 11.9 Å². The third kappa shape index (κ3) is 6.60. The van der Waals surface area contributed by atoms with Gasteiger partial charge in [0.1, 0.15) is 6.61 Å². The summed E-state index contributed by atoms with van der Waals surface area (Å²) in [5.74, 6) is -0.0818. The quantitative estimate of drug-likeness (QED) is 0.394. The molecule has 0 unspecified atom stereocenters. The van der Waals surface area contributed by atoms with Crippen molar-refractivity contribution in [1.82, 2.24) is 4.90 Å². The first kappa shape index (κ1) is 25.8. The molecule has 0 aromatic heterocycles. The number of thioether (sulfide) groups is 1. The fourth-order valence-corrected chi connectivity index (χ4v) is 4.81. The second-order valence-corrected chi connectivity index (χ2v) is 8.86. The Labute approximate surface area is 203 Å². The normalized spacial score (nSPS) is 17.6. The van der Waals surface area contributed by atoms with E-state index in [1.165, 1.54) is 0 Å². The van der Waals surface area contributed by atoms with Crippen molar-refractivity contribution in [3.63, 3.8) is 0 Å². The maximum absolute atomic E-state index is 13.0. The van der Waals surface area contributed by atoms with Crippen LogP contribution >= 0.6 is 11.8 Å². The maximum atomic E-state index is 13.0. The number of fused-ring (bicyclic) bond motifs is 1. The van der Waals surface area contributed by atoms with Gasteiger partial charge in [-0.15, -0.1) is 0 Å². The van der Waals surface area contributed by atoms with Crippen molar-refractivity contribution in [2.24, 2.45) is 4.99 Å². The van der Waals surface area contributed by atoms with Crippen molar-refractivity contribution in [2.45, 2.75) is 39.2 Å². The SMILES string of the molecule is CCOC(=O)CCC(=O)Nc1ccc([C@@H]2C(C(=O)OCCOC)=C(C)N=C3SCCCN32)cc1. The molecule has 2 aliphatic rings. The molecular formula is C24H31N3O6S. The first-order valence-electron chi connectivity index (χ1n) is 11.3. The average Bonchev–Trinajstić information content (AvgIpc) is 2.83. The van der Waals surface area contributed by atoms with E-state index in [0.29, 0.717) is 30.2 Å². The highest BCUT2D eigenvalue weighted by molar-refractivity contribution is 8.13. The number of carbonyl (C=O) groups excluding carboxylic acids is 3. The Hall–Kier alpha value is -2.85. The predicted octanol–water partition coefficient (Wildman–Crippen LogP) is 3.28. The molecule has 1 N–H and O–H groups in total. The Kier molecular flexibility index (Phi) is 9.52. The largest absolute Gasteiger partial charge is 0.466 e. The zero-order valence-corrected chi connectivity index (χ0v) is 20.6. The highest BCUT2D eigenvalue weighted by atomic mass is 32.2. The molecule has 2 aliphatic heterocycles. The van der Waals surface area contributed by atoms with Gasteiger partial charge in [-0.1, -0.05) is 23.9 Å². The van der Waals surface area contributed by atoms with E-state index in [4.69, 9.17) is 14.2 Å². The van der Waals surface area contributed by atoms with Gasteiger partial charge in [0.25, 0.3) is 0 Å². The van der Waals surface area contributed by atoms with E-state index in [0.717, 1.165) is 29.4 Å². The number of hydrogen-bond donors (Lipinski definition) is 1. The Bertz CT molecular complexity index is 960. The number of aliphatic imine (C=N–C) groups is 1. The number of benzene rings is 1. The Morgan fingerprint density at radius 1 is 1.15 bits per heavy atom. The first-order valence-corrected chi connectivity index (χ1v) is 12.3. The van der Waals surface area contributed by atoms with Gasteiger partial charge < -0.3 is 24.4 Å². The first-order chi connectivity index (χ1) is 16.4. The fraction of sp³-hybridized carbons (Fsp3) is 0.500. The monoisotopic (exact) mass is 489 g/mol. The number of esters is 2. The van der Waals surface area contributed by atoms with Gasteiger partial charge in [0.2, 0.25) is 5.91 Å². The van der Waals surface area contributed by atoms with Crippen LogP contribution in [0.1, 0.15) is 44.7 Å². The maximum Gasteiger partial charge on any atom is 0.338 e. The van der Waals surface area contributed by atoms with E-state index in [9.17, 15) is 14.4 Å². The summed E-state index contributed by atoms with van der Waals surface area (Å²) in [6.45, 7) is 5.12. The molecule has 3 rings (SSSR count). The fourth-order valence-electron chi connectivity index (χ4n) is 3.79. The summed E-state index contributed by atoms with van der Waals surface area (Å²) < 4.78 is 15.3. The van der Waals surface area contributed by atoms with Crippen LogP contribution in [0.4, 0.5) is 5.69 Å². The number of allylic oxidation sites excluding steroid dienone is 1. The Balaban J connectivity index is 1.77. The summed E-state index contributed by atoms with van der Waals surface area (Å²) in [4.78, 5) is 43.5. The molecule has 34 heavy (non-hydrogen) atoms. The number of anilines is 1. The van der Waals surface area contributed by atoms with Crippen LogP contribution in [-0.2, 0) is 28.6 Å². The molecule has 1 aromatic rings. The number of nitrogens with one attached hydrogen (secondary N) is 1. The van der Waals surface area contributed by atoms with Crippen molar-refractivity contribution < 1.29 is 28.6 Å². The van der Waals surface area contributed by atoms with E-state index >= 15 is 0 Å². The lowest BCUT2D eigenvalue weighted by molar-refractivity contribution is -0.144. The Morgan fingerprint density at radius 3 is 2.62 bits per heavy atom. The number of amidine groups is 1. The van der Waals surface area contributed by atoms with Gasteiger partial charge in [-0.2, -0.15) is 0 Å². The Morgan fingerprint density at radius 2 is 1.91 bits per heavy atom. The average molecular weight is 490 g/mol. The van der Waals surface area contributed by atoms with Crippen LogP contribution in [0.15, 0.2) is 40.5 Å². The zero-order valence-electron chi connectivity index (χ0n) is 19.8. The van der Waals surface area contributed by atoms with Gasteiger partial charge in [0.05, 0.1) is 36.9 Å². The lowest BCUT2D eigenvalue weighted by Gasteiger charge is -2.40. The van der Waals surface area contributed by atoms with Gasteiger partial charge in [0.15, 0.2) is 5.17 Å². The number of carbonyl (C=O) groups is 3. The lowest BCUT2D eigenvalue weighted by atomic mass is 9.94. The molecule has 1 fully saturated rings. The van der Waals surface area contributed by atoms with Crippen molar-refractivity contribution >= 4 is 40.5 Å². The standard InChI is InChI=1S/C24H31N3O6S/c1-4-32-20(29)11-10-19(28)26-18-8-6-17(7-9-18)22-21(23(30)33-14-13-31-3)16(2)25-24-27(22)12-5-15-34-24/h6-9,22H,4-5,10-15H2,1-3H3,(H,26,28)/t22-/m1/s1. The molecule has 10 heteroatoms. The molecule has 1 atom stereocenters. The van der Waals surface area contributed by atoms with Gasteiger partial charge in [0, 0.05) is 31.5 Å². The summed E-state index contributed by atoms with van der Waals surface area (Å²) in [5.41, 5.74) is 2.66. The number of methoxy groups -OCH3 is 1. The van der Waals surface area contributed by atoms with Crippen molar-refractivity contribution in [3.05, 3.63) is 41.1 Å². The minimum atomic E-state index is -0.408. The zero-order chi connectivity index (χ0) is 24.5. The van der Waals surface area contributed by atoms with Crippen molar-refractivity contribution in [3.8, 4) is 0 Å². The number of ether oxygens (including phenoxy) is 3. The number of amides is 1. The third-order valence-electron chi connectivity index (χ3n) is 5.37. The van der Waals surface area contributed by atoms with E-state index in [-0.39, 0.29) is 31.4 Å². The third-order valence-corrected chi connectivity index (χ3v) is 6.45. The van der Waals surface area contributed by atoms with E-state index in [1.807, 2.05) is 19.1 Å². The molecule has 1 saturated heterocycles. The summed E-state index contributed by atoms with van der Waals surface area (Å²) in [6, 6.07) is 7.05. The minimum absolute atomic E-state index is 0.0349. The molecular weight excluding hydrogens is 458 g/mol. The molecule has 0 radical (unpaired) electrons. The summed E-state index contributed by atoms with van der Waals surface area (Å²) in [7, 11) is 1.56. The van der Waals surface area contributed by atoms with Crippen LogP contribution in [0.5, 0.6) is 0 Å². The highest BCUT2D eigenvalue weighted by Crippen LogP contribution is 2.40. The van der Waals surface area contributed by atoms with E-state index in [1.54, 1.807) is 37.9 Å². The molecule has 0 aliphatic carbocycles. The van der Waals surface area contributed by atoms with Gasteiger partial charge >= 0.3 is 11.9 Å². The summed E-state index contributed by atoms with van der Waals surface area (Å²) in [5, 5.41) is 3.70. The van der Waals surface area contributed by atoms with Crippen LogP contribution in [0.3, 0.4) is 0 Å². The number of nitrogens with zero attached hydrogens (tertiary/aromatic N) is 2. The minimum Gasteiger partial charge on any atom is -0.466 e. The highest BCUT2D eigenvalue weighted by Gasteiger charge is 2.37. The molecule has 0 spiro atoms. The van der Waals surface area contributed by atoms with Crippen molar-refractivity contribution in [2.75, 3.05) is 44.5 Å². The molecule has 1 amide bonds. The molecule has 1 aromatic carbocycles.